The number of hydrogen-bond donors (Lipinski definition) is 1. The van der Waals surface area contributed by atoms with Crippen LogP contribution in [0.5, 0.6) is 0 Å². The standard InChI is InChI=1S/C19H17N7O2/c1-11-12(2)26(13(3)23-11)19-21-9-15(10-22-19)24-18(27)16-7-17(28-25-16)14-5-4-6-20-8-14/h4-10H,1-3H3,(H,24,27). The van der Waals surface area contributed by atoms with Crippen LogP contribution in [-0.2, 0) is 0 Å². The summed E-state index contributed by atoms with van der Waals surface area (Å²) in [5.41, 5.74) is 3.24. The molecule has 4 aromatic heterocycles. The average Bonchev–Trinajstić information content (AvgIpc) is 3.29. The summed E-state index contributed by atoms with van der Waals surface area (Å²) in [4.78, 5) is 29.5. The minimum Gasteiger partial charge on any atom is -0.355 e. The van der Waals surface area contributed by atoms with E-state index < -0.39 is 5.91 Å². The molecular weight excluding hydrogens is 358 g/mol. The Labute approximate surface area is 160 Å². The van der Waals surface area contributed by atoms with Crippen LogP contribution >= 0.6 is 0 Å². The van der Waals surface area contributed by atoms with Gasteiger partial charge < -0.3 is 9.84 Å². The van der Waals surface area contributed by atoms with Gasteiger partial charge in [0.1, 0.15) is 5.82 Å². The maximum absolute atomic E-state index is 12.4. The monoisotopic (exact) mass is 375 g/mol. The Bertz CT molecular complexity index is 1130. The van der Waals surface area contributed by atoms with E-state index in [0.29, 0.717) is 17.4 Å². The minimum absolute atomic E-state index is 0.153. The fourth-order valence-corrected chi connectivity index (χ4v) is 2.80. The second-order valence-electron chi connectivity index (χ2n) is 6.21. The molecule has 0 radical (unpaired) electrons. The number of carbonyl (C=O) groups is 1. The van der Waals surface area contributed by atoms with Gasteiger partial charge in [-0.2, -0.15) is 0 Å². The number of pyridine rings is 1. The molecule has 0 aliphatic heterocycles. The number of aryl methyl sites for hydroxylation is 2. The van der Waals surface area contributed by atoms with Crippen molar-refractivity contribution in [3.8, 4) is 17.3 Å². The highest BCUT2D eigenvalue weighted by Crippen LogP contribution is 2.20. The molecule has 0 aromatic carbocycles. The van der Waals surface area contributed by atoms with E-state index in [1.807, 2.05) is 31.4 Å². The molecule has 0 bridgehead atoms. The van der Waals surface area contributed by atoms with E-state index in [1.165, 1.54) is 12.4 Å². The number of amides is 1. The first kappa shape index (κ1) is 17.5. The second-order valence-corrected chi connectivity index (χ2v) is 6.21. The topological polar surface area (TPSA) is 112 Å². The lowest BCUT2D eigenvalue weighted by atomic mass is 10.2. The van der Waals surface area contributed by atoms with Gasteiger partial charge in [0.2, 0.25) is 5.95 Å². The molecule has 0 fully saturated rings. The van der Waals surface area contributed by atoms with E-state index in [2.05, 4.69) is 30.4 Å². The molecule has 1 N–H and O–H groups in total. The maximum atomic E-state index is 12.4. The fourth-order valence-electron chi connectivity index (χ4n) is 2.80. The van der Waals surface area contributed by atoms with Gasteiger partial charge in [0.25, 0.3) is 5.91 Å². The van der Waals surface area contributed by atoms with Gasteiger partial charge in [-0.3, -0.25) is 14.3 Å². The van der Waals surface area contributed by atoms with Crippen LogP contribution in [0.2, 0.25) is 0 Å². The van der Waals surface area contributed by atoms with Gasteiger partial charge in [0, 0.05) is 29.7 Å². The van der Waals surface area contributed by atoms with Gasteiger partial charge in [-0.05, 0) is 32.9 Å². The third-order valence-electron chi connectivity index (χ3n) is 4.30. The molecule has 140 valence electrons. The highest BCUT2D eigenvalue weighted by atomic mass is 16.5. The Morgan fingerprint density at radius 2 is 1.93 bits per heavy atom. The Hall–Kier alpha value is -3.88. The zero-order chi connectivity index (χ0) is 19.7. The van der Waals surface area contributed by atoms with Crippen molar-refractivity contribution in [2.24, 2.45) is 0 Å². The Morgan fingerprint density at radius 3 is 2.57 bits per heavy atom. The molecule has 4 heterocycles. The van der Waals surface area contributed by atoms with Crippen LogP contribution in [0.4, 0.5) is 5.69 Å². The number of anilines is 1. The van der Waals surface area contributed by atoms with Gasteiger partial charge in [0.05, 0.1) is 23.8 Å². The van der Waals surface area contributed by atoms with Gasteiger partial charge in [-0.1, -0.05) is 5.16 Å². The second kappa shape index (κ2) is 7.03. The number of hydrogen-bond acceptors (Lipinski definition) is 7. The summed E-state index contributed by atoms with van der Waals surface area (Å²) >= 11 is 0. The Balaban J connectivity index is 1.50. The van der Waals surface area contributed by atoms with Gasteiger partial charge in [-0.15, -0.1) is 0 Å². The van der Waals surface area contributed by atoms with E-state index in [-0.39, 0.29) is 5.69 Å². The molecule has 0 saturated carbocycles. The molecule has 0 aliphatic carbocycles. The van der Waals surface area contributed by atoms with Crippen molar-refractivity contribution in [1.82, 2.24) is 29.7 Å². The largest absolute Gasteiger partial charge is 0.355 e. The van der Waals surface area contributed by atoms with E-state index >= 15 is 0 Å². The summed E-state index contributed by atoms with van der Waals surface area (Å²) in [5, 5.41) is 6.52. The molecule has 0 atom stereocenters. The first-order valence-corrected chi connectivity index (χ1v) is 8.56. The van der Waals surface area contributed by atoms with Crippen molar-refractivity contribution >= 4 is 11.6 Å². The van der Waals surface area contributed by atoms with Crippen LogP contribution in [0.15, 0.2) is 47.5 Å². The molecular formula is C19H17N7O2. The van der Waals surface area contributed by atoms with E-state index in [0.717, 1.165) is 22.8 Å². The number of rotatable bonds is 4. The highest BCUT2D eigenvalue weighted by molar-refractivity contribution is 6.03. The van der Waals surface area contributed by atoms with Crippen molar-refractivity contribution in [2.75, 3.05) is 5.32 Å². The summed E-state index contributed by atoms with van der Waals surface area (Å²) in [7, 11) is 0. The van der Waals surface area contributed by atoms with Crippen LogP contribution in [0.25, 0.3) is 17.3 Å². The summed E-state index contributed by atoms with van der Waals surface area (Å²) < 4.78 is 7.08. The number of nitrogens with one attached hydrogen (secondary N) is 1. The first-order chi connectivity index (χ1) is 13.5. The molecule has 4 rings (SSSR count). The molecule has 1 amide bonds. The summed E-state index contributed by atoms with van der Waals surface area (Å²) in [6, 6.07) is 5.16. The molecule has 4 aromatic rings. The van der Waals surface area contributed by atoms with E-state index in [1.54, 1.807) is 24.5 Å². The van der Waals surface area contributed by atoms with Crippen LogP contribution in [0, 0.1) is 20.8 Å². The van der Waals surface area contributed by atoms with E-state index in [4.69, 9.17) is 4.52 Å². The van der Waals surface area contributed by atoms with Gasteiger partial charge in [0.15, 0.2) is 11.5 Å². The average molecular weight is 375 g/mol. The molecule has 0 spiro atoms. The lowest BCUT2D eigenvalue weighted by Gasteiger charge is -2.07. The maximum Gasteiger partial charge on any atom is 0.277 e. The number of imidazole rings is 1. The molecule has 0 saturated heterocycles. The Morgan fingerprint density at radius 1 is 1.14 bits per heavy atom. The molecule has 0 unspecified atom stereocenters. The summed E-state index contributed by atoms with van der Waals surface area (Å²) in [5.74, 6) is 1.35. The SMILES string of the molecule is Cc1nc(C)n(-c2ncc(NC(=O)c3cc(-c4cccnc4)on3)cn2)c1C. The fraction of sp³-hybridized carbons (Fsp3) is 0.158. The summed E-state index contributed by atoms with van der Waals surface area (Å²) in [6.07, 6.45) is 6.37. The van der Waals surface area contributed by atoms with Crippen molar-refractivity contribution in [3.05, 3.63) is 65.9 Å². The predicted molar refractivity (Wildman–Crippen MR) is 101 cm³/mol. The smallest absolute Gasteiger partial charge is 0.277 e. The predicted octanol–water partition coefficient (Wildman–Crippen LogP) is 2.89. The normalized spacial score (nSPS) is 10.8. The quantitative estimate of drug-likeness (QED) is 0.583. The molecule has 9 heteroatoms. The van der Waals surface area contributed by atoms with Crippen LogP contribution in [0.1, 0.15) is 27.7 Å². The first-order valence-electron chi connectivity index (χ1n) is 8.56. The van der Waals surface area contributed by atoms with Crippen LogP contribution in [-0.4, -0.2) is 35.6 Å². The number of aromatic nitrogens is 6. The lowest BCUT2D eigenvalue weighted by Crippen LogP contribution is -2.13. The lowest BCUT2D eigenvalue weighted by molar-refractivity contribution is 0.101. The van der Waals surface area contributed by atoms with Crippen molar-refractivity contribution < 1.29 is 9.32 Å². The highest BCUT2D eigenvalue weighted by Gasteiger charge is 2.15. The zero-order valence-electron chi connectivity index (χ0n) is 15.5. The van der Waals surface area contributed by atoms with Crippen molar-refractivity contribution in [1.29, 1.82) is 0 Å². The third kappa shape index (κ3) is 3.25. The van der Waals surface area contributed by atoms with Crippen molar-refractivity contribution in [3.63, 3.8) is 0 Å². The summed E-state index contributed by atoms with van der Waals surface area (Å²) in [6.45, 7) is 5.79. The van der Waals surface area contributed by atoms with Crippen LogP contribution in [0.3, 0.4) is 0 Å². The van der Waals surface area contributed by atoms with Crippen LogP contribution < -0.4 is 5.32 Å². The zero-order valence-corrected chi connectivity index (χ0v) is 15.5. The molecule has 0 aliphatic rings. The molecule has 9 nitrogen and oxygen atoms in total. The molecule has 28 heavy (non-hydrogen) atoms. The minimum atomic E-state index is -0.416. The third-order valence-corrected chi connectivity index (χ3v) is 4.30. The number of nitrogens with zero attached hydrogens (tertiary/aromatic N) is 6. The Kier molecular flexibility index (Phi) is 4.40. The number of carbonyl (C=O) groups excluding carboxylic acids is 1. The van der Waals surface area contributed by atoms with Gasteiger partial charge >= 0.3 is 0 Å². The van der Waals surface area contributed by atoms with Crippen molar-refractivity contribution in [2.45, 2.75) is 20.8 Å². The van der Waals surface area contributed by atoms with E-state index in [9.17, 15) is 4.79 Å². The van der Waals surface area contributed by atoms with Gasteiger partial charge in [-0.25, -0.2) is 15.0 Å².